The van der Waals surface area contributed by atoms with Crippen LogP contribution in [0.3, 0.4) is 0 Å². The lowest BCUT2D eigenvalue weighted by Gasteiger charge is -2.52. The summed E-state index contributed by atoms with van der Waals surface area (Å²) in [6, 6.07) is 17.7. The number of Topliss-reactive ketones (excluding diaryl/α,β-unsaturated/α-hetero) is 1. The maximum absolute atomic E-state index is 12.8. The van der Waals surface area contributed by atoms with Gasteiger partial charge in [-0.1, -0.05) is 36.4 Å². The van der Waals surface area contributed by atoms with Crippen molar-refractivity contribution in [2.45, 2.75) is 37.9 Å². The Labute approximate surface area is 175 Å². The lowest BCUT2D eigenvalue weighted by Crippen LogP contribution is -2.59. The van der Waals surface area contributed by atoms with Crippen LogP contribution in [-0.2, 0) is 14.3 Å². The molecule has 4 unspecified atom stereocenters. The average molecular weight is 404 g/mol. The first-order chi connectivity index (χ1) is 14.6. The van der Waals surface area contributed by atoms with Crippen molar-refractivity contribution in [2.75, 3.05) is 0 Å². The minimum absolute atomic E-state index is 0.0488. The number of carbonyl (C=O) groups excluding carboxylic acids is 3. The second-order valence-corrected chi connectivity index (χ2v) is 8.57. The van der Waals surface area contributed by atoms with Gasteiger partial charge in [0.2, 0.25) is 0 Å². The largest absolute Gasteiger partial charge is 0.455 e. The number of ether oxygens (including phenoxy) is 2. The van der Waals surface area contributed by atoms with Crippen molar-refractivity contribution in [3.63, 3.8) is 0 Å². The maximum atomic E-state index is 12.8. The van der Waals surface area contributed by atoms with Crippen LogP contribution in [0.15, 0.2) is 60.7 Å². The van der Waals surface area contributed by atoms with Crippen LogP contribution >= 0.6 is 0 Å². The predicted octanol–water partition coefficient (Wildman–Crippen LogP) is 4.07. The van der Waals surface area contributed by atoms with E-state index in [9.17, 15) is 14.4 Å². The summed E-state index contributed by atoms with van der Waals surface area (Å²) in [5.74, 6) is -0.474. The van der Waals surface area contributed by atoms with Crippen molar-refractivity contribution in [1.29, 1.82) is 0 Å². The molecule has 0 heterocycles. The molecule has 0 saturated heterocycles. The van der Waals surface area contributed by atoms with Gasteiger partial charge in [0.05, 0.1) is 11.1 Å². The zero-order chi connectivity index (χ0) is 20.7. The summed E-state index contributed by atoms with van der Waals surface area (Å²) in [4.78, 5) is 38.2. The number of esters is 2. The molecule has 30 heavy (non-hydrogen) atoms. The molecule has 2 bridgehead atoms. The summed E-state index contributed by atoms with van der Waals surface area (Å²) in [6.07, 6.45) is 2.02. The fourth-order valence-electron chi connectivity index (χ4n) is 5.81. The van der Waals surface area contributed by atoms with Gasteiger partial charge in [-0.25, -0.2) is 9.59 Å². The molecule has 2 aromatic carbocycles. The van der Waals surface area contributed by atoms with E-state index in [-0.39, 0.29) is 29.5 Å². The third-order valence-electron chi connectivity index (χ3n) is 7.07. The van der Waals surface area contributed by atoms with E-state index in [0.717, 1.165) is 19.3 Å². The molecular formula is C25H24O5. The Balaban J connectivity index is 1.44. The van der Waals surface area contributed by atoms with Crippen LogP contribution in [0.25, 0.3) is 0 Å². The molecule has 4 aliphatic rings. The van der Waals surface area contributed by atoms with Gasteiger partial charge in [0.25, 0.3) is 0 Å². The lowest BCUT2D eigenvalue weighted by molar-refractivity contribution is -0.165. The third kappa shape index (κ3) is 3.22. The van der Waals surface area contributed by atoms with Crippen LogP contribution in [0.1, 0.15) is 46.4 Å². The van der Waals surface area contributed by atoms with Gasteiger partial charge in [-0.3, -0.25) is 4.79 Å². The first-order valence-electron chi connectivity index (χ1n) is 10.7. The first kappa shape index (κ1) is 19.0. The van der Waals surface area contributed by atoms with E-state index >= 15 is 0 Å². The zero-order valence-corrected chi connectivity index (χ0v) is 16.6. The van der Waals surface area contributed by atoms with Crippen LogP contribution < -0.4 is 0 Å². The molecule has 4 aliphatic carbocycles. The highest BCUT2D eigenvalue weighted by molar-refractivity contribution is 5.91. The van der Waals surface area contributed by atoms with Crippen LogP contribution in [0.2, 0.25) is 0 Å². The molecule has 6 rings (SSSR count). The SMILES string of the molecule is O=C(O[C@@H]1C2CCC(C3CCC(=O)C32)[C@@H]1OC(=O)c1ccccc1)c1ccccc1. The Morgan fingerprint density at radius 1 is 0.667 bits per heavy atom. The third-order valence-corrected chi connectivity index (χ3v) is 7.07. The van der Waals surface area contributed by atoms with E-state index in [0.29, 0.717) is 17.5 Å². The van der Waals surface area contributed by atoms with E-state index in [4.69, 9.17) is 9.47 Å². The van der Waals surface area contributed by atoms with Crippen LogP contribution in [0.5, 0.6) is 0 Å². The van der Waals surface area contributed by atoms with E-state index < -0.39 is 24.1 Å². The van der Waals surface area contributed by atoms with E-state index in [1.807, 2.05) is 12.1 Å². The number of carbonyl (C=O) groups is 3. The van der Waals surface area contributed by atoms with Crippen molar-refractivity contribution in [1.82, 2.24) is 0 Å². The minimum atomic E-state index is -0.590. The first-order valence-corrected chi connectivity index (χ1v) is 10.7. The van der Waals surface area contributed by atoms with Gasteiger partial charge < -0.3 is 9.47 Å². The highest BCUT2D eigenvalue weighted by Crippen LogP contribution is 2.56. The van der Waals surface area contributed by atoms with Gasteiger partial charge >= 0.3 is 11.9 Å². The highest BCUT2D eigenvalue weighted by atomic mass is 16.6. The minimum Gasteiger partial charge on any atom is -0.455 e. The summed E-state index contributed by atoms with van der Waals surface area (Å²) in [7, 11) is 0. The number of rotatable bonds is 4. The number of fused-ring (bicyclic) bond motifs is 2. The van der Waals surface area contributed by atoms with Crippen molar-refractivity contribution < 1.29 is 23.9 Å². The Hall–Kier alpha value is -2.95. The Morgan fingerprint density at radius 3 is 1.73 bits per heavy atom. The smallest absolute Gasteiger partial charge is 0.338 e. The molecule has 0 spiro atoms. The second kappa shape index (κ2) is 7.71. The molecule has 0 radical (unpaired) electrons. The number of hydrogen-bond donors (Lipinski definition) is 0. The van der Waals surface area contributed by atoms with Crippen LogP contribution in [-0.4, -0.2) is 29.9 Å². The molecule has 6 atom stereocenters. The van der Waals surface area contributed by atoms with Gasteiger partial charge in [0, 0.05) is 24.2 Å². The summed E-state index contributed by atoms with van der Waals surface area (Å²) in [5, 5.41) is 0. The molecule has 4 saturated carbocycles. The van der Waals surface area contributed by atoms with Gasteiger partial charge in [0.1, 0.15) is 18.0 Å². The van der Waals surface area contributed by atoms with Crippen molar-refractivity contribution >= 4 is 17.7 Å². The molecule has 0 aliphatic heterocycles. The van der Waals surface area contributed by atoms with Crippen molar-refractivity contribution in [3.05, 3.63) is 71.8 Å². The summed E-state index contributed by atoms with van der Waals surface area (Å²) >= 11 is 0. The van der Waals surface area contributed by atoms with Crippen LogP contribution in [0.4, 0.5) is 0 Å². The van der Waals surface area contributed by atoms with E-state index in [2.05, 4.69) is 0 Å². The zero-order valence-electron chi connectivity index (χ0n) is 16.6. The summed E-state index contributed by atoms with van der Waals surface area (Å²) in [6.45, 7) is 0. The molecule has 2 aromatic rings. The molecule has 0 amide bonds. The van der Waals surface area contributed by atoms with Gasteiger partial charge in [0.15, 0.2) is 0 Å². The fourth-order valence-corrected chi connectivity index (χ4v) is 5.81. The van der Waals surface area contributed by atoms with E-state index in [1.165, 1.54) is 0 Å². The monoisotopic (exact) mass is 404 g/mol. The molecule has 5 heteroatoms. The molecule has 0 N–H and O–H groups in total. The van der Waals surface area contributed by atoms with Crippen molar-refractivity contribution in [2.24, 2.45) is 23.7 Å². The van der Waals surface area contributed by atoms with Crippen molar-refractivity contribution in [3.8, 4) is 0 Å². The standard InChI is InChI=1S/C25H24O5/c26-20-14-13-17-18-11-12-19(21(17)20)23(30-25(28)16-9-5-2-6-10-16)22(18)29-24(27)15-7-3-1-4-8-15/h1-10,17-19,21-23H,11-14H2/t17?,18?,19?,21?,22-,23+/m0/s1. The van der Waals surface area contributed by atoms with E-state index in [1.54, 1.807) is 48.5 Å². The molecule has 154 valence electrons. The summed E-state index contributed by atoms with van der Waals surface area (Å²) < 4.78 is 11.9. The predicted molar refractivity (Wildman–Crippen MR) is 109 cm³/mol. The number of benzene rings is 2. The topological polar surface area (TPSA) is 69.7 Å². The quantitative estimate of drug-likeness (QED) is 0.719. The van der Waals surface area contributed by atoms with Gasteiger partial charge in [-0.05, 0) is 49.4 Å². The Morgan fingerprint density at radius 2 is 1.17 bits per heavy atom. The molecule has 4 fully saturated rings. The highest BCUT2D eigenvalue weighted by Gasteiger charge is 2.60. The van der Waals surface area contributed by atoms with Gasteiger partial charge in [-0.15, -0.1) is 0 Å². The Kier molecular flexibility index (Phi) is 4.89. The number of ketones is 1. The average Bonchev–Trinajstić information content (AvgIpc) is 3.19. The summed E-state index contributed by atoms with van der Waals surface area (Å²) in [5.41, 5.74) is 0.938. The normalized spacial score (nSPS) is 31.8. The molecule has 0 aromatic heterocycles. The fraction of sp³-hybridized carbons (Fsp3) is 0.400. The van der Waals surface area contributed by atoms with Crippen LogP contribution in [0, 0.1) is 23.7 Å². The second-order valence-electron chi connectivity index (χ2n) is 8.57. The Bertz CT molecular complexity index is 954. The molecular weight excluding hydrogens is 380 g/mol. The van der Waals surface area contributed by atoms with Gasteiger partial charge in [-0.2, -0.15) is 0 Å². The maximum Gasteiger partial charge on any atom is 0.338 e. The number of hydrogen-bond acceptors (Lipinski definition) is 5. The lowest BCUT2D eigenvalue weighted by atomic mass is 9.57. The molecule has 5 nitrogen and oxygen atoms in total.